The second-order valence-electron chi connectivity index (χ2n) is 5.51. The van der Waals surface area contributed by atoms with Crippen LogP contribution in [0.5, 0.6) is 0 Å². The normalized spacial score (nSPS) is 13.4. The molecule has 0 radical (unpaired) electrons. The minimum absolute atomic E-state index is 0.0665. The Hall–Kier alpha value is -1.12. The van der Waals surface area contributed by atoms with Gasteiger partial charge in [0, 0.05) is 24.3 Å². The monoisotopic (exact) mass is 400 g/mol. The molecule has 0 aliphatic heterocycles. The van der Waals surface area contributed by atoms with Crippen molar-refractivity contribution in [3.63, 3.8) is 0 Å². The Morgan fingerprint density at radius 2 is 1.00 bits per heavy atom. The maximum Gasteiger partial charge on any atom is 0.389 e. The molecule has 0 N–H and O–H groups in total. The number of benzene rings is 1. The molecule has 0 heterocycles. The number of alkyl halides is 9. The van der Waals surface area contributed by atoms with E-state index >= 15 is 0 Å². The van der Waals surface area contributed by atoms with E-state index in [9.17, 15) is 39.5 Å². The molecular weight excluding hydrogens is 387 g/mol. The van der Waals surface area contributed by atoms with Crippen LogP contribution in [0.15, 0.2) is 12.1 Å². The van der Waals surface area contributed by atoms with Crippen molar-refractivity contribution in [1.82, 2.24) is 0 Å². The SMILES string of the molecule is FC(F)(F)CCc1ccc(Cl)c(CCC(F)(F)F)c1CCC(F)(F)F. The third-order valence-corrected chi connectivity index (χ3v) is 3.82. The number of halogens is 10. The van der Waals surface area contributed by atoms with Crippen LogP contribution in [0.25, 0.3) is 0 Å². The molecule has 0 saturated heterocycles. The van der Waals surface area contributed by atoms with Crippen LogP contribution in [-0.4, -0.2) is 18.5 Å². The first-order valence-corrected chi connectivity index (χ1v) is 7.55. The fourth-order valence-corrected chi connectivity index (χ4v) is 2.61. The molecule has 1 aromatic carbocycles. The summed E-state index contributed by atoms with van der Waals surface area (Å²) in [7, 11) is 0. The van der Waals surface area contributed by atoms with Crippen molar-refractivity contribution < 1.29 is 39.5 Å². The van der Waals surface area contributed by atoms with Crippen LogP contribution in [0, 0.1) is 0 Å². The standard InChI is InChI=1S/C15H14ClF9/c16-12-2-1-9(3-6-13(17,18)19)10(4-7-14(20,21)22)11(12)5-8-15(23,24)25/h1-2H,3-8H2. The maximum absolute atomic E-state index is 12.5. The van der Waals surface area contributed by atoms with Gasteiger partial charge in [-0.3, -0.25) is 0 Å². The predicted molar refractivity (Wildman–Crippen MR) is 74.6 cm³/mol. The average Bonchev–Trinajstić information content (AvgIpc) is 2.39. The van der Waals surface area contributed by atoms with Crippen LogP contribution >= 0.6 is 11.6 Å². The Labute approximate surface area is 143 Å². The van der Waals surface area contributed by atoms with Crippen LogP contribution in [0.2, 0.25) is 5.02 Å². The summed E-state index contributed by atoms with van der Waals surface area (Å²) in [5.74, 6) is 0. The summed E-state index contributed by atoms with van der Waals surface area (Å²) < 4.78 is 112. The summed E-state index contributed by atoms with van der Waals surface area (Å²) in [5, 5.41) is -0.183. The van der Waals surface area contributed by atoms with Crippen molar-refractivity contribution in [2.45, 2.75) is 57.1 Å². The largest absolute Gasteiger partial charge is 0.389 e. The maximum atomic E-state index is 12.5. The first-order valence-electron chi connectivity index (χ1n) is 7.17. The molecule has 0 saturated carbocycles. The third kappa shape index (κ3) is 8.69. The molecule has 25 heavy (non-hydrogen) atoms. The van der Waals surface area contributed by atoms with Gasteiger partial charge >= 0.3 is 18.5 Å². The van der Waals surface area contributed by atoms with Crippen LogP contribution in [0.3, 0.4) is 0 Å². The molecule has 10 heteroatoms. The van der Waals surface area contributed by atoms with Crippen LogP contribution < -0.4 is 0 Å². The highest BCUT2D eigenvalue weighted by molar-refractivity contribution is 6.31. The molecule has 144 valence electrons. The van der Waals surface area contributed by atoms with Gasteiger partial charge in [-0.2, -0.15) is 39.5 Å². The molecule has 0 fully saturated rings. The number of rotatable bonds is 6. The van der Waals surface area contributed by atoms with Gasteiger partial charge in [0.15, 0.2) is 0 Å². The Balaban J connectivity index is 3.17. The van der Waals surface area contributed by atoms with Crippen molar-refractivity contribution in [1.29, 1.82) is 0 Å². The van der Waals surface area contributed by atoms with Gasteiger partial charge in [0.05, 0.1) is 0 Å². The Bertz CT molecular complexity index is 570. The van der Waals surface area contributed by atoms with Gasteiger partial charge in [0.2, 0.25) is 0 Å². The quantitative estimate of drug-likeness (QED) is 0.459. The summed E-state index contributed by atoms with van der Waals surface area (Å²) in [5.41, 5.74) is -0.426. The molecule has 0 aromatic heterocycles. The van der Waals surface area contributed by atoms with Crippen molar-refractivity contribution in [3.05, 3.63) is 33.8 Å². The molecule has 1 aromatic rings. The highest BCUT2D eigenvalue weighted by atomic mass is 35.5. The molecule has 0 aliphatic rings. The van der Waals surface area contributed by atoms with Gasteiger partial charge in [-0.1, -0.05) is 17.7 Å². The Kier molecular flexibility index (Phi) is 7.06. The lowest BCUT2D eigenvalue weighted by atomic mass is 9.91. The zero-order valence-electron chi connectivity index (χ0n) is 12.7. The zero-order valence-corrected chi connectivity index (χ0v) is 13.4. The van der Waals surface area contributed by atoms with Gasteiger partial charge in [0.1, 0.15) is 0 Å². The van der Waals surface area contributed by atoms with E-state index in [4.69, 9.17) is 11.6 Å². The van der Waals surface area contributed by atoms with Crippen molar-refractivity contribution >= 4 is 11.6 Å². The molecular formula is C15H14ClF9. The first-order chi connectivity index (χ1) is 11.2. The topological polar surface area (TPSA) is 0 Å². The highest BCUT2D eigenvalue weighted by Gasteiger charge is 2.31. The summed E-state index contributed by atoms with van der Waals surface area (Å²) >= 11 is 5.80. The first kappa shape index (κ1) is 21.9. The van der Waals surface area contributed by atoms with Crippen LogP contribution in [-0.2, 0) is 19.3 Å². The molecule has 0 unspecified atom stereocenters. The van der Waals surface area contributed by atoms with E-state index in [2.05, 4.69) is 0 Å². The molecule has 0 spiro atoms. The Morgan fingerprint density at radius 1 is 0.600 bits per heavy atom. The number of aryl methyl sites for hydroxylation is 1. The molecule has 0 atom stereocenters. The van der Waals surface area contributed by atoms with Gasteiger partial charge in [-0.15, -0.1) is 0 Å². The lowest BCUT2D eigenvalue weighted by Gasteiger charge is -2.19. The van der Waals surface area contributed by atoms with E-state index in [1.807, 2.05) is 0 Å². The summed E-state index contributed by atoms with van der Waals surface area (Å²) in [6.45, 7) is 0. The van der Waals surface area contributed by atoms with E-state index < -0.39 is 57.1 Å². The van der Waals surface area contributed by atoms with Gasteiger partial charge < -0.3 is 0 Å². The number of hydrogen-bond acceptors (Lipinski definition) is 0. The second kappa shape index (κ2) is 8.05. The highest BCUT2D eigenvalue weighted by Crippen LogP contribution is 2.33. The number of hydrogen-bond donors (Lipinski definition) is 0. The summed E-state index contributed by atoms with van der Waals surface area (Å²) in [6, 6.07) is 2.26. The van der Waals surface area contributed by atoms with Crippen molar-refractivity contribution in [2.24, 2.45) is 0 Å². The fraction of sp³-hybridized carbons (Fsp3) is 0.600. The molecule has 1 rings (SSSR count). The smallest absolute Gasteiger partial charge is 0.171 e. The second-order valence-corrected chi connectivity index (χ2v) is 5.92. The minimum atomic E-state index is -4.59. The summed E-state index contributed by atoms with van der Waals surface area (Å²) in [4.78, 5) is 0. The third-order valence-electron chi connectivity index (χ3n) is 3.47. The average molecular weight is 401 g/mol. The molecule has 0 aliphatic carbocycles. The fourth-order valence-electron chi connectivity index (χ4n) is 2.34. The van der Waals surface area contributed by atoms with Crippen molar-refractivity contribution in [3.8, 4) is 0 Å². The lowest BCUT2D eigenvalue weighted by Crippen LogP contribution is -2.15. The van der Waals surface area contributed by atoms with Crippen molar-refractivity contribution in [2.75, 3.05) is 0 Å². The van der Waals surface area contributed by atoms with E-state index in [-0.39, 0.29) is 21.7 Å². The molecule has 0 nitrogen and oxygen atoms in total. The van der Waals surface area contributed by atoms with Crippen LogP contribution in [0.4, 0.5) is 39.5 Å². The van der Waals surface area contributed by atoms with E-state index in [1.54, 1.807) is 0 Å². The molecule has 0 amide bonds. The lowest BCUT2D eigenvalue weighted by molar-refractivity contribution is -0.136. The van der Waals surface area contributed by atoms with Gasteiger partial charge in [-0.25, -0.2) is 0 Å². The predicted octanol–water partition coefficient (Wildman–Crippen LogP) is 6.82. The zero-order chi connectivity index (χ0) is 19.5. The van der Waals surface area contributed by atoms with Gasteiger partial charge in [-0.05, 0) is 42.0 Å². The molecule has 0 bridgehead atoms. The van der Waals surface area contributed by atoms with E-state index in [1.165, 1.54) is 0 Å². The minimum Gasteiger partial charge on any atom is -0.171 e. The van der Waals surface area contributed by atoms with E-state index in [0.29, 0.717) is 0 Å². The Morgan fingerprint density at radius 3 is 1.44 bits per heavy atom. The summed E-state index contributed by atoms with van der Waals surface area (Å²) in [6.07, 6.45) is -19.7. The van der Waals surface area contributed by atoms with Gasteiger partial charge in [0.25, 0.3) is 0 Å². The van der Waals surface area contributed by atoms with E-state index in [0.717, 1.165) is 12.1 Å². The van der Waals surface area contributed by atoms with Crippen LogP contribution in [0.1, 0.15) is 36.0 Å².